The smallest absolute Gasteiger partial charge is 0.107 e. The zero-order chi connectivity index (χ0) is 15.0. The molecule has 2 N–H and O–H groups in total. The van der Waals surface area contributed by atoms with Crippen molar-refractivity contribution in [3.05, 3.63) is 23.0 Å². The van der Waals surface area contributed by atoms with Crippen molar-refractivity contribution in [3.8, 4) is 0 Å². The van der Waals surface area contributed by atoms with Crippen LogP contribution in [0.4, 0.5) is 5.69 Å². The van der Waals surface area contributed by atoms with E-state index in [1.165, 1.54) is 37.8 Å². The molecule has 3 nitrogen and oxygen atoms in total. The quantitative estimate of drug-likeness (QED) is 0.851. The maximum atomic E-state index is 5.97. The molecule has 0 bridgehead atoms. The van der Waals surface area contributed by atoms with Crippen molar-refractivity contribution < 1.29 is 0 Å². The number of aryl methyl sites for hydroxylation is 2. The molecule has 2 unspecified atom stereocenters. The van der Waals surface area contributed by atoms with Crippen molar-refractivity contribution in [3.63, 3.8) is 0 Å². The third-order valence-corrected chi connectivity index (χ3v) is 5.39. The SMILES string of the molecule is Cc1cc(N2CCC3CCCCC3C2)c(C(N)=S)c(C)n1. The van der Waals surface area contributed by atoms with Crippen LogP contribution in [0.1, 0.15) is 49.1 Å². The number of fused-ring (bicyclic) bond motifs is 1. The minimum atomic E-state index is 0.473. The van der Waals surface area contributed by atoms with Gasteiger partial charge in [-0.05, 0) is 44.6 Å². The first kappa shape index (κ1) is 14.8. The highest BCUT2D eigenvalue weighted by Crippen LogP contribution is 2.38. The van der Waals surface area contributed by atoms with Crippen LogP contribution in [0.15, 0.2) is 6.07 Å². The van der Waals surface area contributed by atoms with Crippen LogP contribution in [0.3, 0.4) is 0 Å². The number of hydrogen-bond donors (Lipinski definition) is 1. The third-order valence-electron chi connectivity index (χ3n) is 5.19. The number of nitrogens with zero attached hydrogens (tertiary/aromatic N) is 2. The molecule has 2 atom stereocenters. The summed E-state index contributed by atoms with van der Waals surface area (Å²) in [6, 6.07) is 2.16. The molecule has 2 fully saturated rings. The third kappa shape index (κ3) is 2.91. The number of pyridine rings is 1. The zero-order valence-electron chi connectivity index (χ0n) is 13.1. The van der Waals surface area contributed by atoms with Gasteiger partial charge in [-0.15, -0.1) is 0 Å². The van der Waals surface area contributed by atoms with Gasteiger partial charge in [0.15, 0.2) is 0 Å². The summed E-state index contributed by atoms with van der Waals surface area (Å²) in [5.74, 6) is 1.78. The lowest BCUT2D eigenvalue weighted by Gasteiger charge is -2.43. The van der Waals surface area contributed by atoms with Crippen molar-refractivity contribution >= 4 is 22.9 Å². The average Bonchev–Trinajstić information content (AvgIpc) is 2.45. The molecule has 0 spiro atoms. The summed E-state index contributed by atoms with van der Waals surface area (Å²) in [5, 5.41) is 0. The summed E-state index contributed by atoms with van der Waals surface area (Å²) in [4.78, 5) is 7.51. The fourth-order valence-corrected chi connectivity index (χ4v) is 4.43. The molecule has 1 aromatic rings. The number of nitrogens with two attached hydrogens (primary N) is 1. The summed E-state index contributed by atoms with van der Waals surface area (Å²) in [6.07, 6.45) is 6.93. The fraction of sp³-hybridized carbons (Fsp3) is 0.647. The molecule has 0 amide bonds. The molecular weight excluding hydrogens is 278 g/mol. The van der Waals surface area contributed by atoms with Crippen molar-refractivity contribution in [1.29, 1.82) is 0 Å². The minimum absolute atomic E-state index is 0.473. The lowest BCUT2D eigenvalue weighted by atomic mass is 9.75. The highest BCUT2D eigenvalue weighted by molar-refractivity contribution is 7.80. The predicted molar refractivity (Wildman–Crippen MR) is 91.9 cm³/mol. The summed E-state index contributed by atoms with van der Waals surface area (Å²) in [7, 11) is 0. The van der Waals surface area contributed by atoms with Crippen molar-refractivity contribution in [2.45, 2.75) is 46.0 Å². The molecule has 2 aliphatic rings. The minimum Gasteiger partial charge on any atom is -0.389 e. The van der Waals surface area contributed by atoms with E-state index in [1.807, 2.05) is 13.8 Å². The molecule has 114 valence electrons. The Bertz CT molecular complexity index is 555. The lowest BCUT2D eigenvalue weighted by molar-refractivity contribution is 0.202. The molecule has 1 aliphatic carbocycles. The van der Waals surface area contributed by atoms with Gasteiger partial charge in [0.25, 0.3) is 0 Å². The van der Waals surface area contributed by atoms with E-state index >= 15 is 0 Å². The monoisotopic (exact) mass is 303 g/mol. The number of aromatic nitrogens is 1. The molecule has 21 heavy (non-hydrogen) atoms. The van der Waals surface area contributed by atoms with Gasteiger partial charge in [-0.25, -0.2) is 0 Å². The molecule has 2 heterocycles. The van der Waals surface area contributed by atoms with E-state index in [9.17, 15) is 0 Å². The number of anilines is 1. The van der Waals surface area contributed by atoms with Gasteiger partial charge in [0.05, 0.1) is 11.3 Å². The molecule has 3 rings (SSSR count). The maximum Gasteiger partial charge on any atom is 0.107 e. The van der Waals surface area contributed by atoms with Crippen LogP contribution in [-0.4, -0.2) is 23.1 Å². The van der Waals surface area contributed by atoms with Gasteiger partial charge < -0.3 is 10.6 Å². The second-order valence-corrected chi connectivity index (χ2v) is 7.09. The Morgan fingerprint density at radius 2 is 1.95 bits per heavy atom. The maximum absolute atomic E-state index is 5.97. The second kappa shape index (κ2) is 5.91. The van der Waals surface area contributed by atoms with Gasteiger partial charge in [0.2, 0.25) is 0 Å². The Morgan fingerprint density at radius 3 is 2.67 bits per heavy atom. The average molecular weight is 303 g/mol. The number of hydrogen-bond acceptors (Lipinski definition) is 3. The predicted octanol–water partition coefficient (Wildman–Crippen LogP) is 3.35. The molecule has 1 saturated carbocycles. The number of thiocarbonyl (C=S) groups is 1. The summed E-state index contributed by atoms with van der Waals surface area (Å²) in [6.45, 7) is 6.34. The number of piperidine rings is 1. The fourth-order valence-electron chi connectivity index (χ4n) is 4.18. The van der Waals surface area contributed by atoms with Crippen LogP contribution in [0.5, 0.6) is 0 Å². The van der Waals surface area contributed by atoms with Crippen LogP contribution < -0.4 is 10.6 Å². The van der Waals surface area contributed by atoms with Crippen LogP contribution in [-0.2, 0) is 0 Å². The first-order valence-electron chi connectivity index (χ1n) is 8.09. The van der Waals surface area contributed by atoms with Gasteiger partial charge in [-0.1, -0.05) is 31.5 Å². The van der Waals surface area contributed by atoms with E-state index in [0.717, 1.165) is 41.9 Å². The van der Waals surface area contributed by atoms with Gasteiger partial charge in [0, 0.05) is 24.5 Å². The highest BCUT2D eigenvalue weighted by Gasteiger charge is 2.32. The van der Waals surface area contributed by atoms with Crippen molar-refractivity contribution in [2.24, 2.45) is 17.6 Å². The molecule has 1 aliphatic heterocycles. The van der Waals surface area contributed by atoms with Gasteiger partial charge >= 0.3 is 0 Å². The van der Waals surface area contributed by atoms with Crippen LogP contribution in [0, 0.1) is 25.7 Å². The molecule has 4 heteroatoms. The normalized spacial score (nSPS) is 25.5. The standard InChI is InChI=1S/C17H25N3S/c1-11-9-15(16(17(18)21)12(2)19-11)20-8-7-13-5-3-4-6-14(13)10-20/h9,13-14H,3-8,10H2,1-2H3,(H2,18,21). The van der Waals surface area contributed by atoms with E-state index < -0.39 is 0 Å². The zero-order valence-corrected chi connectivity index (χ0v) is 13.9. The van der Waals surface area contributed by atoms with Crippen molar-refractivity contribution in [1.82, 2.24) is 4.98 Å². The van der Waals surface area contributed by atoms with E-state index in [-0.39, 0.29) is 0 Å². The van der Waals surface area contributed by atoms with E-state index in [1.54, 1.807) is 0 Å². The Labute approximate surface area is 132 Å². The molecule has 1 aromatic heterocycles. The topological polar surface area (TPSA) is 42.1 Å². The van der Waals surface area contributed by atoms with Crippen LogP contribution in [0.2, 0.25) is 0 Å². The molecule has 0 radical (unpaired) electrons. The summed E-state index contributed by atoms with van der Waals surface area (Å²) in [5.41, 5.74) is 10.2. The van der Waals surface area contributed by atoms with E-state index in [4.69, 9.17) is 18.0 Å². The van der Waals surface area contributed by atoms with Gasteiger partial charge in [-0.2, -0.15) is 0 Å². The van der Waals surface area contributed by atoms with Crippen LogP contribution in [0.25, 0.3) is 0 Å². The lowest BCUT2D eigenvalue weighted by Crippen LogP contribution is -2.42. The second-order valence-electron chi connectivity index (χ2n) is 6.65. The largest absolute Gasteiger partial charge is 0.389 e. The Kier molecular flexibility index (Phi) is 4.16. The Morgan fingerprint density at radius 1 is 1.24 bits per heavy atom. The van der Waals surface area contributed by atoms with E-state index in [2.05, 4.69) is 16.0 Å². The highest BCUT2D eigenvalue weighted by atomic mass is 32.1. The van der Waals surface area contributed by atoms with Gasteiger partial charge in [-0.3, -0.25) is 4.98 Å². The summed E-state index contributed by atoms with van der Waals surface area (Å²) < 4.78 is 0. The first-order chi connectivity index (χ1) is 10.1. The molecule has 1 saturated heterocycles. The number of rotatable bonds is 2. The Balaban J connectivity index is 1.91. The molecular formula is C17H25N3S. The van der Waals surface area contributed by atoms with E-state index in [0.29, 0.717) is 4.99 Å². The van der Waals surface area contributed by atoms with Crippen molar-refractivity contribution in [2.75, 3.05) is 18.0 Å². The summed E-state index contributed by atoms with van der Waals surface area (Å²) >= 11 is 5.28. The van der Waals surface area contributed by atoms with Gasteiger partial charge in [0.1, 0.15) is 4.99 Å². The Hall–Kier alpha value is -1.16. The first-order valence-corrected chi connectivity index (χ1v) is 8.50. The van der Waals surface area contributed by atoms with Crippen LogP contribution >= 0.6 is 12.2 Å². The molecule has 0 aromatic carbocycles.